The molecule has 0 saturated heterocycles. The molecule has 4 aromatic carbocycles. The van der Waals surface area contributed by atoms with E-state index >= 15 is 0 Å². The van der Waals surface area contributed by atoms with Crippen LogP contribution in [-0.4, -0.2) is 59.5 Å². The van der Waals surface area contributed by atoms with Crippen LogP contribution < -0.4 is 62.6 Å². The Hall–Kier alpha value is -5.72. The lowest BCUT2D eigenvalue weighted by atomic mass is 10.1. The minimum absolute atomic E-state index is 0.135. The highest BCUT2D eigenvalue weighted by molar-refractivity contribution is 5.62. The van der Waals surface area contributed by atoms with Crippen molar-refractivity contribution in [3.63, 3.8) is 0 Å². The van der Waals surface area contributed by atoms with Crippen molar-refractivity contribution >= 4 is 5.69 Å². The van der Waals surface area contributed by atoms with E-state index in [1.54, 1.807) is 0 Å². The largest absolute Gasteiger partial charge is 0.490 e. The van der Waals surface area contributed by atoms with Crippen molar-refractivity contribution in [3.05, 3.63) is 65.2 Å². The lowest BCUT2D eigenvalue weighted by molar-refractivity contribution is 0.221. The molecule has 0 radical (unpaired) electrons. The van der Waals surface area contributed by atoms with Gasteiger partial charge in [-0.2, -0.15) is 0 Å². The summed E-state index contributed by atoms with van der Waals surface area (Å²) in [5.41, 5.74) is 10.4. The number of rotatable bonds is 117. The minimum Gasteiger partial charge on any atom is -0.490 e. The molecule has 0 heterocycles. The zero-order valence-corrected chi connectivity index (χ0v) is 99.2. The highest BCUT2D eigenvalue weighted by Gasteiger charge is 2.25. The molecule has 2 N–H and O–H groups in total. The van der Waals surface area contributed by atoms with E-state index in [2.05, 4.69) is 98.7 Å². The van der Waals surface area contributed by atoms with Gasteiger partial charge in [0.25, 0.3) is 0 Å². The van der Waals surface area contributed by atoms with E-state index < -0.39 is 0 Å². The topological polar surface area (TPSA) is 137 Å². The van der Waals surface area contributed by atoms with E-state index in [1.165, 1.54) is 462 Å². The quantitative estimate of drug-likeness (QED) is 0.0332. The molecular formula is C135H241NO12. The van der Waals surface area contributed by atoms with Gasteiger partial charge in [0.15, 0.2) is 46.0 Å². The van der Waals surface area contributed by atoms with E-state index in [0.717, 1.165) is 132 Å². The molecule has 0 fully saturated rings. The molecule has 13 heteroatoms. The van der Waals surface area contributed by atoms with E-state index in [4.69, 9.17) is 62.6 Å². The predicted octanol–water partition coefficient (Wildman–Crippen LogP) is 44.7. The SMILES string of the molecule is CCCCCCCCCCCCOc1cc(COc2cc(N)cc(OCc3cc(OCCCCCCCCCCCC)c(OCCCCCCCCCCCC)c(OCCCCCCCCCCCC)c3)c2OCc2cc(OCCCCCCCCCCCC)c(OCCCCCCCCCCCC)c(OCCCCCCCCCCCC)c2)cc(OCCCCCCCCCCCC)c1OCCCCCCCCCCCC. The smallest absolute Gasteiger partial charge is 0.204 e. The molecular weight excluding hydrogens is 1830 g/mol. The molecule has 148 heavy (non-hydrogen) atoms. The van der Waals surface area contributed by atoms with Crippen LogP contribution >= 0.6 is 0 Å². The summed E-state index contributed by atoms with van der Waals surface area (Å²) in [4.78, 5) is 0. The van der Waals surface area contributed by atoms with Crippen LogP contribution in [-0.2, 0) is 19.8 Å². The Balaban J connectivity index is 1.99. The Morgan fingerprint density at radius 1 is 0.122 bits per heavy atom. The van der Waals surface area contributed by atoms with Crippen LogP contribution in [0.3, 0.4) is 0 Å². The van der Waals surface area contributed by atoms with Gasteiger partial charge < -0.3 is 62.6 Å². The number of anilines is 1. The average Bonchev–Trinajstić information content (AvgIpc) is 0.781. The molecule has 4 rings (SSSR count). The van der Waals surface area contributed by atoms with Gasteiger partial charge in [0.2, 0.25) is 23.0 Å². The zero-order chi connectivity index (χ0) is 106. The second-order valence-corrected chi connectivity index (χ2v) is 44.7. The van der Waals surface area contributed by atoms with Crippen molar-refractivity contribution in [2.45, 2.75) is 660 Å². The summed E-state index contributed by atoms with van der Waals surface area (Å²) in [5.74, 6) is 7.68. The molecule has 0 aliphatic carbocycles. The van der Waals surface area contributed by atoms with Gasteiger partial charge in [0.1, 0.15) is 19.8 Å². The highest BCUT2D eigenvalue weighted by Crippen LogP contribution is 2.47. The third-order valence-corrected chi connectivity index (χ3v) is 30.2. The molecule has 0 saturated carbocycles. The van der Waals surface area contributed by atoms with Crippen molar-refractivity contribution in [1.29, 1.82) is 0 Å². The van der Waals surface area contributed by atoms with Gasteiger partial charge in [-0.05, 0) is 111 Å². The van der Waals surface area contributed by atoms with Gasteiger partial charge in [-0.1, -0.05) is 582 Å². The summed E-state index contributed by atoms with van der Waals surface area (Å²) in [6, 6.07) is 16.7. The van der Waals surface area contributed by atoms with Crippen LogP contribution in [0, 0.1) is 0 Å². The summed E-state index contributed by atoms with van der Waals surface area (Å²) >= 11 is 0. The number of nitrogens with two attached hydrogens (primary N) is 1. The van der Waals surface area contributed by atoms with Gasteiger partial charge >= 0.3 is 0 Å². The predicted molar refractivity (Wildman–Crippen MR) is 639 cm³/mol. The number of nitrogen functional groups attached to an aromatic ring is 1. The Morgan fingerprint density at radius 3 is 0.372 bits per heavy atom. The summed E-state index contributed by atoms with van der Waals surface area (Å²) < 4.78 is 85.6. The molecule has 0 unspecified atom stereocenters. The zero-order valence-electron chi connectivity index (χ0n) is 99.2. The average molecular weight is 2070 g/mol. The van der Waals surface area contributed by atoms with Crippen molar-refractivity contribution < 1.29 is 56.8 Å². The molecule has 0 bridgehead atoms. The first-order chi connectivity index (χ1) is 73.3. The fourth-order valence-corrected chi connectivity index (χ4v) is 20.6. The Bertz CT molecular complexity index is 3210. The first-order valence-corrected chi connectivity index (χ1v) is 65.2. The van der Waals surface area contributed by atoms with Gasteiger partial charge in [0, 0.05) is 17.8 Å². The molecule has 858 valence electrons. The highest BCUT2D eigenvalue weighted by atomic mass is 16.6. The lowest BCUT2D eigenvalue weighted by Gasteiger charge is -2.22. The maximum atomic E-state index is 7.47. The Kier molecular flexibility index (Phi) is 93.7. The molecule has 13 nitrogen and oxygen atoms in total. The van der Waals surface area contributed by atoms with Crippen molar-refractivity contribution in [1.82, 2.24) is 0 Å². The van der Waals surface area contributed by atoms with Crippen LogP contribution in [0.25, 0.3) is 0 Å². The second kappa shape index (κ2) is 103. The molecule has 0 amide bonds. The minimum atomic E-state index is 0.135. The Labute approximate surface area is 916 Å². The molecule has 0 aliphatic heterocycles. The number of hydrogen-bond donors (Lipinski definition) is 1. The van der Waals surface area contributed by atoms with E-state index in [1.807, 2.05) is 12.1 Å². The normalized spacial score (nSPS) is 11.5. The van der Waals surface area contributed by atoms with Crippen molar-refractivity contribution in [2.75, 3.05) is 65.2 Å². The number of benzene rings is 4. The number of hydrogen-bond acceptors (Lipinski definition) is 13. The van der Waals surface area contributed by atoms with E-state index in [9.17, 15) is 0 Å². The number of ether oxygens (including phenoxy) is 12. The van der Waals surface area contributed by atoms with Crippen LogP contribution in [0.1, 0.15) is 657 Å². The van der Waals surface area contributed by atoms with Crippen LogP contribution in [0.5, 0.6) is 69.0 Å². The Morgan fingerprint density at radius 2 is 0.230 bits per heavy atom. The number of unbranched alkanes of at least 4 members (excludes halogenated alkanes) is 81. The summed E-state index contributed by atoms with van der Waals surface area (Å²) in [5, 5.41) is 0. The van der Waals surface area contributed by atoms with E-state index in [0.29, 0.717) is 134 Å². The summed E-state index contributed by atoms with van der Waals surface area (Å²) in [6.45, 7) is 26.5. The van der Waals surface area contributed by atoms with Gasteiger partial charge in [-0.25, -0.2) is 0 Å². The first kappa shape index (κ1) is 135. The fraction of sp³-hybridized carbons (Fsp3) is 0.822. The van der Waals surface area contributed by atoms with Crippen LogP contribution in [0.4, 0.5) is 5.69 Å². The fourth-order valence-electron chi connectivity index (χ4n) is 20.6. The third kappa shape index (κ3) is 75.2. The first-order valence-electron chi connectivity index (χ1n) is 65.2. The van der Waals surface area contributed by atoms with Gasteiger partial charge in [-0.15, -0.1) is 0 Å². The monoisotopic (exact) mass is 2070 g/mol. The van der Waals surface area contributed by atoms with Gasteiger partial charge in [-0.3, -0.25) is 0 Å². The maximum absolute atomic E-state index is 7.47. The summed E-state index contributed by atoms with van der Waals surface area (Å²) in [7, 11) is 0. The lowest BCUT2D eigenvalue weighted by Crippen LogP contribution is -2.09. The molecule has 0 aromatic heterocycles. The third-order valence-electron chi connectivity index (χ3n) is 30.2. The maximum Gasteiger partial charge on any atom is 0.204 e. The summed E-state index contributed by atoms with van der Waals surface area (Å²) in [6.07, 6.45) is 113. The van der Waals surface area contributed by atoms with Crippen LogP contribution in [0.15, 0.2) is 48.5 Å². The van der Waals surface area contributed by atoms with Crippen molar-refractivity contribution in [2.24, 2.45) is 0 Å². The van der Waals surface area contributed by atoms with E-state index in [-0.39, 0.29) is 19.8 Å². The molecule has 0 atom stereocenters. The van der Waals surface area contributed by atoms with Crippen LogP contribution in [0.2, 0.25) is 0 Å². The second-order valence-electron chi connectivity index (χ2n) is 44.7. The molecule has 4 aromatic rings. The molecule has 0 spiro atoms. The molecule has 0 aliphatic rings. The standard InChI is InChI=1S/C135H241NO12/c1-10-19-28-37-46-55-64-73-82-91-100-137-124-109-120(110-125(138-101-92-83-74-65-56-47-38-29-20-11-2)132(124)143-106-97-88-79-70-61-52-43-34-25-16-7)117-146-130-115-123(136)116-131(147-118-121-111-126(139-102-93-84-75-66-57-48-39-30-21-12-3)133(144-107-98-89-80-71-62-53-44-35-26-17-8)127(112-121)140-103-94-85-76-67-58-49-40-31-22-13-4)135(130)148-119-122-113-128(141-104-95-86-77-68-59-50-41-32-23-14-5)134(145-108-99-90-81-72-63-54-45-36-27-18-9)129(114-122)142-105-96-87-78-69-60-51-42-33-24-15-6/h109-116H,10-108,117-119,136H2,1-9H3. The van der Waals surface area contributed by atoms with Crippen molar-refractivity contribution in [3.8, 4) is 69.0 Å². The van der Waals surface area contributed by atoms with Gasteiger partial charge in [0.05, 0.1) is 59.5 Å².